The van der Waals surface area contributed by atoms with E-state index in [4.69, 9.17) is 14.2 Å². The number of carbonyl (C=O) groups is 3. The van der Waals surface area contributed by atoms with E-state index in [1.165, 1.54) is 6.92 Å². The van der Waals surface area contributed by atoms with E-state index < -0.39 is 42.3 Å². The number of nitrogens with one attached hydrogen (secondary N) is 2. The summed E-state index contributed by atoms with van der Waals surface area (Å²) >= 11 is 0. The third-order valence-corrected chi connectivity index (χ3v) is 7.21. The minimum atomic E-state index is -4.56. The number of carbonyl (C=O) groups excluding carboxylic acids is 3. The predicted molar refractivity (Wildman–Crippen MR) is 134 cm³/mol. The third-order valence-electron chi connectivity index (χ3n) is 7.21. The van der Waals surface area contributed by atoms with Crippen LogP contribution in [0.3, 0.4) is 0 Å². The molecule has 0 bridgehead atoms. The molecule has 3 fully saturated rings. The highest BCUT2D eigenvalue weighted by atomic mass is 19.4. The van der Waals surface area contributed by atoms with Crippen molar-refractivity contribution in [2.24, 2.45) is 5.92 Å². The number of piperidine rings is 1. The van der Waals surface area contributed by atoms with Gasteiger partial charge in [0.05, 0.1) is 19.3 Å². The van der Waals surface area contributed by atoms with Crippen LogP contribution in [0.4, 0.5) is 29.6 Å². The zero-order chi connectivity index (χ0) is 28.4. The van der Waals surface area contributed by atoms with E-state index >= 15 is 0 Å². The Hall–Kier alpha value is -3.78. The number of ether oxygens (including phenoxy) is 3. The van der Waals surface area contributed by atoms with Crippen LogP contribution in [0.5, 0.6) is 0 Å². The summed E-state index contributed by atoms with van der Waals surface area (Å²) in [6.07, 6.45) is -5.03. The number of hydrogen-bond donors (Lipinski definition) is 2. The molecule has 11 nitrogen and oxygen atoms in total. The summed E-state index contributed by atoms with van der Waals surface area (Å²) in [5.74, 6) is -0.630. The van der Waals surface area contributed by atoms with E-state index in [0.717, 1.165) is 12.3 Å². The second-order valence-electron chi connectivity index (χ2n) is 9.91. The normalized spacial score (nSPS) is 24.9. The van der Waals surface area contributed by atoms with Gasteiger partial charge in [-0.05, 0) is 50.1 Å². The van der Waals surface area contributed by atoms with Gasteiger partial charge in [-0.25, -0.2) is 14.8 Å². The lowest BCUT2D eigenvalue weighted by atomic mass is 9.95. The van der Waals surface area contributed by atoms with Crippen molar-refractivity contribution in [1.82, 2.24) is 15.3 Å². The first kappa shape index (κ1) is 27.8. The molecule has 0 spiro atoms. The molecule has 4 atom stereocenters. The molecule has 2 amide bonds. The molecule has 1 aromatic carbocycles. The van der Waals surface area contributed by atoms with Gasteiger partial charge in [-0.15, -0.1) is 0 Å². The molecule has 2 N–H and O–H groups in total. The van der Waals surface area contributed by atoms with Crippen molar-refractivity contribution in [3.8, 4) is 0 Å². The maximum absolute atomic E-state index is 13.0. The predicted octanol–water partition coefficient (Wildman–Crippen LogP) is 2.81. The summed E-state index contributed by atoms with van der Waals surface area (Å²) in [5, 5.41) is 5.57. The molecule has 3 saturated heterocycles. The number of aromatic nitrogens is 2. The van der Waals surface area contributed by atoms with E-state index in [-0.39, 0.29) is 36.8 Å². The van der Waals surface area contributed by atoms with Gasteiger partial charge in [0.2, 0.25) is 11.9 Å². The Morgan fingerprint density at radius 3 is 2.40 bits per heavy atom. The van der Waals surface area contributed by atoms with E-state index in [1.807, 2.05) is 0 Å². The molecule has 40 heavy (non-hydrogen) atoms. The first-order chi connectivity index (χ1) is 19.1. The number of halogens is 3. The van der Waals surface area contributed by atoms with Crippen molar-refractivity contribution in [2.45, 2.75) is 50.3 Å². The Balaban J connectivity index is 1.08. The van der Waals surface area contributed by atoms with Crippen LogP contribution < -0.4 is 15.5 Å². The zero-order valence-corrected chi connectivity index (χ0v) is 21.5. The third kappa shape index (κ3) is 6.17. The number of fused-ring (bicyclic) bond motifs is 1. The van der Waals surface area contributed by atoms with E-state index in [2.05, 4.69) is 20.6 Å². The van der Waals surface area contributed by atoms with Crippen molar-refractivity contribution in [1.29, 1.82) is 0 Å². The van der Waals surface area contributed by atoms with Crippen molar-refractivity contribution in [3.63, 3.8) is 0 Å². The maximum Gasteiger partial charge on any atom is 0.433 e. The van der Waals surface area contributed by atoms with Gasteiger partial charge in [0.15, 0.2) is 11.9 Å². The van der Waals surface area contributed by atoms with E-state index in [1.54, 1.807) is 29.2 Å². The molecule has 14 heteroatoms. The molecule has 4 heterocycles. The first-order valence-electron chi connectivity index (χ1n) is 12.9. The van der Waals surface area contributed by atoms with Crippen molar-refractivity contribution in [3.05, 3.63) is 47.8 Å². The summed E-state index contributed by atoms with van der Waals surface area (Å²) < 4.78 is 56.0. The van der Waals surface area contributed by atoms with Crippen LogP contribution in [0, 0.1) is 5.92 Å². The molecular weight excluding hydrogens is 535 g/mol. The minimum absolute atomic E-state index is 0.0109. The number of nitrogens with zero attached hydrogens (tertiary/aromatic N) is 3. The number of amides is 2. The molecule has 3 aliphatic rings. The second kappa shape index (κ2) is 11.4. The van der Waals surface area contributed by atoms with Gasteiger partial charge in [0.25, 0.3) is 0 Å². The number of rotatable bonds is 6. The standard InChI is InChI=1S/C26H28F3N5O6/c1-14(35)15-2-4-17(5-3-15)31-25(37)40-19-13-39-21-18(12-38-22(19)21)32-23(36)16-7-10-34(11-8-16)24-30-9-6-20(33-24)26(27,28)29/h2-6,9,16,18-19,21-22H,7-8,10-13H2,1H3,(H,31,37)(H,32,36)/t18-,19+,21+,22+/m0/s1. The number of ketones is 1. The topological polar surface area (TPSA) is 132 Å². The van der Waals surface area contributed by atoms with Crippen molar-refractivity contribution >= 4 is 29.4 Å². The SMILES string of the molecule is CC(=O)c1ccc(NC(=O)O[C@@H]2CO[C@H]3[C@@H]2OC[C@@H]3NC(=O)C2CCN(c3nccc(C(F)(F)F)n3)CC2)cc1. The second-order valence-corrected chi connectivity index (χ2v) is 9.91. The van der Waals surface area contributed by atoms with Gasteiger partial charge in [-0.2, -0.15) is 13.2 Å². The Morgan fingerprint density at radius 1 is 1.02 bits per heavy atom. The summed E-state index contributed by atoms with van der Waals surface area (Å²) in [6.45, 7) is 2.42. The molecular formula is C26H28F3N5O6. The Kier molecular flexibility index (Phi) is 7.90. The van der Waals surface area contributed by atoms with Crippen LogP contribution in [0.15, 0.2) is 36.5 Å². The number of hydrogen-bond acceptors (Lipinski definition) is 9. The van der Waals surface area contributed by atoms with Crippen LogP contribution in [0.25, 0.3) is 0 Å². The smallest absolute Gasteiger partial charge is 0.433 e. The monoisotopic (exact) mass is 563 g/mol. The maximum atomic E-state index is 13.0. The quantitative estimate of drug-likeness (QED) is 0.510. The van der Waals surface area contributed by atoms with Gasteiger partial charge >= 0.3 is 12.3 Å². The lowest BCUT2D eigenvalue weighted by molar-refractivity contribution is -0.141. The minimum Gasteiger partial charge on any atom is -0.441 e. The average Bonchev–Trinajstić information content (AvgIpc) is 3.51. The summed E-state index contributed by atoms with van der Waals surface area (Å²) in [5.41, 5.74) is -0.0184. The van der Waals surface area contributed by atoms with Crippen LogP contribution in [0.2, 0.25) is 0 Å². The summed E-state index contributed by atoms with van der Waals surface area (Å²) in [4.78, 5) is 46.0. The van der Waals surface area contributed by atoms with Gasteiger partial charge in [0, 0.05) is 36.5 Å². The number of anilines is 2. The molecule has 0 aliphatic carbocycles. The molecule has 2 aromatic rings. The summed E-state index contributed by atoms with van der Waals surface area (Å²) in [6, 6.07) is 6.79. The highest BCUT2D eigenvalue weighted by Gasteiger charge is 2.50. The Morgan fingerprint density at radius 2 is 1.73 bits per heavy atom. The van der Waals surface area contributed by atoms with Crippen LogP contribution in [-0.2, 0) is 25.2 Å². The van der Waals surface area contributed by atoms with Gasteiger partial charge < -0.3 is 24.4 Å². The molecule has 0 saturated carbocycles. The fourth-order valence-corrected chi connectivity index (χ4v) is 5.06. The number of alkyl halides is 3. The first-order valence-corrected chi connectivity index (χ1v) is 12.9. The largest absolute Gasteiger partial charge is 0.441 e. The van der Waals surface area contributed by atoms with Gasteiger partial charge in [0.1, 0.15) is 17.9 Å². The molecule has 5 rings (SSSR count). The van der Waals surface area contributed by atoms with Crippen LogP contribution in [-0.4, -0.2) is 78.4 Å². The van der Waals surface area contributed by atoms with Crippen LogP contribution in [0.1, 0.15) is 35.8 Å². The van der Waals surface area contributed by atoms with Gasteiger partial charge in [-0.1, -0.05) is 0 Å². The number of benzene rings is 1. The molecule has 214 valence electrons. The number of Topliss-reactive ketones (excluding diaryl/α,β-unsaturated/α-hetero) is 1. The van der Waals surface area contributed by atoms with E-state index in [0.29, 0.717) is 37.2 Å². The lowest BCUT2D eigenvalue weighted by Crippen LogP contribution is -2.48. The highest BCUT2D eigenvalue weighted by molar-refractivity contribution is 5.95. The highest BCUT2D eigenvalue weighted by Crippen LogP contribution is 2.31. The fraction of sp³-hybridized carbons (Fsp3) is 0.500. The molecule has 3 aliphatic heterocycles. The van der Waals surface area contributed by atoms with Crippen molar-refractivity contribution < 1.29 is 41.8 Å². The van der Waals surface area contributed by atoms with E-state index in [9.17, 15) is 27.6 Å². The fourth-order valence-electron chi connectivity index (χ4n) is 5.06. The molecule has 0 unspecified atom stereocenters. The molecule has 0 radical (unpaired) electrons. The zero-order valence-electron chi connectivity index (χ0n) is 21.5. The Bertz CT molecular complexity index is 1250. The average molecular weight is 564 g/mol. The lowest BCUT2D eigenvalue weighted by Gasteiger charge is -2.32. The van der Waals surface area contributed by atoms with Crippen LogP contribution >= 0.6 is 0 Å². The van der Waals surface area contributed by atoms with Crippen molar-refractivity contribution in [2.75, 3.05) is 36.5 Å². The summed E-state index contributed by atoms with van der Waals surface area (Å²) in [7, 11) is 0. The Labute approximate surface area is 227 Å². The van der Waals surface area contributed by atoms with Gasteiger partial charge in [-0.3, -0.25) is 14.9 Å². The molecule has 1 aromatic heterocycles.